The highest BCUT2D eigenvalue weighted by Crippen LogP contribution is 2.27. The monoisotopic (exact) mass is 359 g/mol. The maximum Gasteiger partial charge on any atom is 0.232 e. The Morgan fingerprint density at radius 2 is 2.27 bits per heavy atom. The van der Waals surface area contributed by atoms with Crippen LogP contribution in [0.2, 0.25) is 0 Å². The van der Waals surface area contributed by atoms with Crippen molar-refractivity contribution >= 4 is 21.7 Å². The van der Waals surface area contributed by atoms with E-state index in [1.807, 2.05) is 0 Å². The Bertz CT molecular complexity index is 688. The average Bonchev–Trinajstić information content (AvgIpc) is 3.02. The molecule has 1 atom stereocenters. The van der Waals surface area contributed by atoms with Crippen LogP contribution in [-0.4, -0.2) is 34.6 Å². The molecule has 0 aromatic carbocycles. The van der Waals surface area contributed by atoms with Crippen molar-refractivity contribution in [3.63, 3.8) is 0 Å². The number of nitrogens with zero attached hydrogens (tertiary/aromatic N) is 5. The Balaban J connectivity index is 1.62. The molecule has 0 amide bonds. The Kier molecular flexibility index (Phi) is 4.49. The van der Waals surface area contributed by atoms with Crippen molar-refractivity contribution in [2.75, 3.05) is 24.6 Å². The number of ether oxygens (including phenoxy) is 1. The minimum Gasteiger partial charge on any atom is -0.476 e. The van der Waals surface area contributed by atoms with Crippen molar-refractivity contribution in [2.45, 2.75) is 6.42 Å². The molecule has 0 saturated carbocycles. The Morgan fingerprint density at radius 1 is 1.36 bits per heavy atom. The highest BCUT2D eigenvalue weighted by molar-refractivity contribution is 9.10. The second-order valence-corrected chi connectivity index (χ2v) is 6.01. The zero-order valence-electron chi connectivity index (χ0n) is 11.8. The SMILES string of the molecule is N#Cc1cc(Br)cnc1N1CCC(COc2cnccn2)C1. The molecule has 0 radical (unpaired) electrons. The summed E-state index contributed by atoms with van der Waals surface area (Å²) in [5.41, 5.74) is 0.588. The van der Waals surface area contributed by atoms with E-state index in [1.165, 1.54) is 0 Å². The first-order chi connectivity index (χ1) is 10.8. The van der Waals surface area contributed by atoms with Gasteiger partial charge in [-0.15, -0.1) is 0 Å². The summed E-state index contributed by atoms with van der Waals surface area (Å²) in [7, 11) is 0. The number of aromatic nitrogens is 3. The number of hydrogen-bond acceptors (Lipinski definition) is 6. The maximum atomic E-state index is 9.24. The summed E-state index contributed by atoms with van der Waals surface area (Å²) >= 11 is 3.34. The molecule has 2 aromatic rings. The summed E-state index contributed by atoms with van der Waals surface area (Å²) < 4.78 is 6.47. The minimum absolute atomic E-state index is 0.388. The van der Waals surface area contributed by atoms with Crippen molar-refractivity contribution in [3.05, 3.63) is 40.9 Å². The number of halogens is 1. The number of anilines is 1. The molecule has 1 aliphatic heterocycles. The molecule has 0 N–H and O–H groups in total. The van der Waals surface area contributed by atoms with Crippen LogP contribution in [0.15, 0.2) is 35.3 Å². The quantitative estimate of drug-likeness (QED) is 0.834. The third-order valence-electron chi connectivity index (χ3n) is 3.55. The molecular weight excluding hydrogens is 346 g/mol. The van der Waals surface area contributed by atoms with Gasteiger partial charge in [-0.1, -0.05) is 0 Å². The van der Waals surface area contributed by atoms with Gasteiger partial charge in [0.2, 0.25) is 5.88 Å². The van der Waals surface area contributed by atoms with Gasteiger partial charge in [0.05, 0.1) is 18.4 Å². The van der Waals surface area contributed by atoms with Crippen LogP contribution in [0.25, 0.3) is 0 Å². The molecule has 0 bridgehead atoms. The van der Waals surface area contributed by atoms with E-state index in [9.17, 15) is 5.26 Å². The van der Waals surface area contributed by atoms with Crippen LogP contribution in [0.1, 0.15) is 12.0 Å². The van der Waals surface area contributed by atoms with Crippen LogP contribution in [-0.2, 0) is 0 Å². The Morgan fingerprint density at radius 3 is 3.05 bits per heavy atom. The molecule has 1 aliphatic rings. The lowest BCUT2D eigenvalue weighted by atomic mass is 10.1. The topological polar surface area (TPSA) is 74.9 Å². The van der Waals surface area contributed by atoms with Gasteiger partial charge in [0.1, 0.15) is 11.9 Å². The first kappa shape index (κ1) is 14.7. The van der Waals surface area contributed by atoms with Gasteiger partial charge >= 0.3 is 0 Å². The molecule has 2 aromatic heterocycles. The van der Waals surface area contributed by atoms with Crippen LogP contribution in [0.4, 0.5) is 5.82 Å². The van der Waals surface area contributed by atoms with Crippen LogP contribution in [0.5, 0.6) is 5.88 Å². The molecule has 7 heteroatoms. The zero-order chi connectivity index (χ0) is 15.4. The highest BCUT2D eigenvalue weighted by atomic mass is 79.9. The average molecular weight is 360 g/mol. The number of hydrogen-bond donors (Lipinski definition) is 0. The van der Waals surface area contributed by atoms with E-state index < -0.39 is 0 Å². The van der Waals surface area contributed by atoms with Gasteiger partial charge in [0.15, 0.2) is 0 Å². The lowest BCUT2D eigenvalue weighted by Crippen LogP contribution is -2.23. The highest BCUT2D eigenvalue weighted by Gasteiger charge is 2.26. The lowest BCUT2D eigenvalue weighted by molar-refractivity contribution is 0.251. The molecule has 0 spiro atoms. The second-order valence-electron chi connectivity index (χ2n) is 5.09. The van der Waals surface area contributed by atoms with Crippen LogP contribution >= 0.6 is 15.9 Å². The predicted octanol–water partition coefficient (Wildman–Crippen LogP) is 2.41. The molecule has 1 saturated heterocycles. The smallest absolute Gasteiger partial charge is 0.232 e. The van der Waals surface area contributed by atoms with E-state index in [0.717, 1.165) is 29.8 Å². The summed E-state index contributed by atoms with van der Waals surface area (Å²) in [4.78, 5) is 14.6. The minimum atomic E-state index is 0.388. The number of pyridine rings is 1. The standard InChI is InChI=1S/C15H14BrN5O/c16-13-5-12(6-17)15(20-7-13)21-4-1-11(9-21)10-22-14-8-18-2-3-19-14/h2-3,5,7-8,11H,1,4,9-10H2. The Labute approximate surface area is 136 Å². The van der Waals surface area contributed by atoms with E-state index in [1.54, 1.807) is 30.9 Å². The van der Waals surface area contributed by atoms with E-state index in [0.29, 0.717) is 24.0 Å². The fourth-order valence-corrected chi connectivity index (χ4v) is 2.82. The molecule has 112 valence electrons. The summed E-state index contributed by atoms with van der Waals surface area (Å²) in [5, 5.41) is 9.24. The van der Waals surface area contributed by atoms with Gasteiger partial charge in [-0.3, -0.25) is 4.98 Å². The van der Waals surface area contributed by atoms with Gasteiger partial charge in [0.25, 0.3) is 0 Å². The van der Waals surface area contributed by atoms with Crippen molar-refractivity contribution < 1.29 is 4.74 Å². The van der Waals surface area contributed by atoms with Gasteiger partial charge in [-0.05, 0) is 28.4 Å². The normalized spacial score (nSPS) is 17.3. The van der Waals surface area contributed by atoms with Crippen LogP contribution in [0.3, 0.4) is 0 Å². The summed E-state index contributed by atoms with van der Waals surface area (Å²) in [6.07, 6.45) is 7.56. The van der Waals surface area contributed by atoms with E-state index in [4.69, 9.17) is 4.74 Å². The van der Waals surface area contributed by atoms with Gasteiger partial charge in [-0.25, -0.2) is 9.97 Å². The number of nitriles is 1. The molecule has 3 heterocycles. The van der Waals surface area contributed by atoms with Crippen molar-refractivity contribution in [1.29, 1.82) is 5.26 Å². The van der Waals surface area contributed by atoms with E-state index >= 15 is 0 Å². The molecule has 6 nitrogen and oxygen atoms in total. The van der Waals surface area contributed by atoms with Crippen LogP contribution in [0, 0.1) is 17.2 Å². The third kappa shape index (κ3) is 3.34. The lowest BCUT2D eigenvalue weighted by Gasteiger charge is -2.18. The van der Waals surface area contributed by atoms with E-state index in [2.05, 4.69) is 41.9 Å². The summed E-state index contributed by atoms with van der Waals surface area (Å²) in [5.74, 6) is 1.67. The predicted molar refractivity (Wildman–Crippen MR) is 84.5 cm³/mol. The van der Waals surface area contributed by atoms with Crippen LogP contribution < -0.4 is 9.64 Å². The number of rotatable bonds is 4. The third-order valence-corrected chi connectivity index (χ3v) is 3.98. The van der Waals surface area contributed by atoms with E-state index in [-0.39, 0.29) is 0 Å². The van der Waals surface area contributed by atoms with Crippen molar-refractivity contribution in [1.82, 2.24) is 15.0 Å². The Hall–Kier alpha value is -2.20. The summed E-state index contributed by atoms with van der Waals surface area (Å²) in [6, 6.07) is 4.00. The first-order valence-electron chi connectivity index (χ1n) is 6.95. The second kappa shape index (κ2) is 6.71. The fraction of sp³-hybridized carbons (Fsp3) is 0.333. The molecule has 3 rings (SSSR count). The molecular formula is C15H14BrN5O. The van der Waals surface area contributed by atoms with Crippen molar-refractivity contribution in [3.8, 4) is 11.9 Å². The maximum absolute atomic E-state index is 9.24. The van der Waals surface area contributed by atoms with Gasteiger partial charge in [-0.2, -0.15) is 5.26 Å². The van der Waals surface area contributed by atoms with Gasteiger partial charge < -0.3 is 9.64 Å². The zero-order valence-corrected chi connectivity index (χ0v) is 13.4. The largest absolute Gasteiger partial charge is 0.476 e. The molecule has 1 unspecified atom stereocenters. The molecule has 22 heavy (non-hydrogen) atoms. The summed E-state index contributed by atoms with van der Waals surface area (Å²) in [6.45, 7) is 2.29. The molecule has 1 fully saturated rings. The first-order valence-corrected chi connectivity index (χ1v) is 7.75. The molecule has 0 aliphatic carbocycles. The van der Waals surface area contributed by atoms with Crippen molar-refractivity contribution in [2.24, 2.45) is 5.92 Å². The fourth-order valence-electron chi connectivity index (χ4n) is 2.49. The van der Waals surface area contributed by atoms with Gasteiger partial charge in [0, 0.05) is 42.1 Å².